The van der Waals surface area contributed by atoms with E-state index in [0.29, 0.717) is 19.4 Å². The van der Waals surface area contributed by atoms with E-state index in [9.17, 15) is 14.7 Å². The Morgan fingerprint density at radius 1 is 1.26 bits per heavy atom. The Labute approximate surface area is 111 Å². The van der Waals surface area contributed by atoms with E-state index in [1.165, 1.54) is 7.11 Å². The number of esters is 1. The highest BCUT2D eigenvalue weighted by atomic mass is 16.5. The summed E-state index contributed by atoms with van der Waals surface area (Å²) in [6, 6.07) is 8.45. The zero-order valence-electron chi connectivity index (χ0n) is 10.8. The highest BCUT2D eigenvalue weighted by Gasteiger charge is 2.41. The number of carbonyl (C=O) groups excluding carboxylic acids is 1. The summed E-state index contributed by atoms with van der Waals surface area (Å²) in [6.45, 7) is 0.442. The van der Waals surface area contributed by atoms with Crippen molar-refractivity contribution in [3.8, 4) is 0 Å². The minimum absolute atomic E-state index is 0.361. The van der Waals surface area contributed by atoms with Crippen LogP contribution in [0.4, 0.5) is 0 Å². The van der Waals surface area contributed by atoms with E-state index < -0.39 is 18.1 Å². The van der Waals surface area contributed by atoms with Crippen molar-refractivity contribution in [2.24, 2.45) is 0 Å². The van der Waals surface area contributed by atoms with E-state index in [-0.39, 0.29) is 5.97 Å². The molecule has 0 amide bonds. The predicted molar refractivity (Wildman–Crippen MR) is 68.4 cm³/mol. The molecule has 0 spiro atoms. The SMILES string of the molecule is COC(=O)C1CCC(C(=O)O)N1Cc1ccccc1. The molecule has 0 bridgehead atoms. The van der Waals surface area contributed by atoms with E-state index in [4.69, 9.17) is 4.74 Å². The third-order valence-electron chi connectivity index (χ3n) is 3.48. The van der Waals surface area contributed by atoms with Gasteiger partial charge in [0.25, 0.3) is 0 Å². The largest absolute Gasteiger partial charge is 0.480 e. The molecule has 1 heterocycles. The summed E-state index contributed by atoms with van der Waals surface area (Å²) in [7, 11) is 1.33. The molecule has 1 saturated heterocycles. The number of hydrogen-bond acceptors (Lipinski definition) is 4. The molecule has 5 nitrogen and oxygen atoms in total. The van der Waals surface area contributed by atoms with E-state index in [2.05, 4.69) is 0 Å². The lowest BCUT2D eigenvalue weighted by Gasteiger charge is -2.26. The quantitative estimate of drug-likeness (QED) is 0.829. The Hall–Kier alpha value is -1.88. The monoisotopic (exact) mass is 263 g/mol. The van der Waals surface area contributed by atoms with Gasteiger partial charge in [-0.3, -0.25) is 14.5 Å². The Kier molecular flexibility index (Phi) is 4.16. The van der Waals surface area contributed by atoms with Crippen LogP contribution < -0.4 is 0 Å². The lowest BCUT2D eigenvalue weighted by Crippen LogP contribution is -2.44. The molecular weight excluding hydrogens is 246 g/mol. The Morgan fingerprint density at radius 2 is 1.89 bits per heavy atom. The summed E-state index contributed by atoms with van der Waals surface area (Å²) in [4.78, 5) is 24.7. The smallest absolute Gasteiger partial charge is 0.323 e. The second-order valence-electron chi connectivity index (χ2n) is 4.63. The van der Waals surface area contributed by atoms with Crippen LogP contribution in [-0.4, -0.2) is 41.1 Å². The van der Waals surface area contributed by atoms with Gasteiger partial charge in [-0.1, -0.05) is 30.3 Å². The predicted octanol–water partition coefficient (Wildman–Crippen LogP) is 1.28. The van der Waals surface area contributed by atoms with Gasteiger partial charge in [0.15, 0.2) is 0 Å². The van der Waals surface area contributed by atoms with E-state index in [1.54, 1.807) is 4.90 Å². The van der Waals surface area contributed by atoms with Gasteiger partial charge >= 0.3 is 11.9 Å². The Bertz CT molecular complexity index is 460. The average molecular weight is 263 g/mol. The molecule has 1 N–H and O–H groups in total. The van der Waals surface area contributed by atoms with Gasteiger partial charge in [0.05, 0.1) is 7.11 Å². The number of carboxylic acid groups (broad SMARTS) is 1. The summed E-state index contributed by atoms with van der Waals surface area (Å²) < 4.78 is 4.76. The van der Waals surface area contributed by atoms with Gasteiger partial charge in [-0.25, -0.2) is 0 Å². The maximum Gasteiger partial charge on any atom is 0.323 e. The molecule has 1 aliphatic rings. The number of ether oxygens (including phenoxy) is 1. The third-order valence-corrected chi connectivity index (χ3v) is 3.48. The minimum Gasteiger partial charge on any atom is -0.480 e. The summed E-state index contributed by atoms with van der Waals surface area (Å²) in [6.07, 6.45) is 0.998. The van der Waals surface area contributed by atoms with Crippen LogP contribution in [0.15, 0.2) is 30.3 Å². The number of methoxy groups -OCH3 is 1. The van der Waals surface area contributed by atoms with Crippen molar-refractivity contribution in [3.05, 3.63) is 35.9 Å². The van der Waals surface area contributed by atoms with Crippen LogP contribution >= 0.6 is 0 Å². The normalized spacial score (nSPS) is 23.2. The molecule has 2 rings (SSSR count). The van der Waals surface area contributed by atoms with E-state index in [0.717, 1.165) is 5.56 Å². The third kappa shape index (κ3) is 2.93. The van der Waals surface area contributed by atoms with Gasteiger partial charge in [-0.15, -0.1) is 0 Å². The summed E-state index contributed by atoms with van der Waals surface area (Å²) >= 11 is 0. The molecular formula is C14H17NO4. The summed E-state index contributed by atoms with van der Waals surface area (Å²) in [5, 5.41) is 9.24. The molecule has 2 atom stereocenters. The van der Waals surface area contributed by atoms with Gasteiger partial charge in [-0.05, 0) is 18.4 Å². The van der Waals surface area contributed by atoms with Gasteiger partial charge in [0, 0.05) is 6.54 Å². The fourth-order valence-electron chi connectivity index (χ4n) is 2.53. The van der Waals surface area contributed by atoms with Gasteiger partial charge in [0.1, 0.15) is 12.1 Å². The Morgan fingerprint density at radius 3 is 2.47 bits per heavy atom. The molecule has 1 aromatic rings. The first-order chi connectivity index (χ1) is 9.13. The molecule has 0 aromatic heterocycles. The molecule has 0 radical (unpaired) electrons. The number of carboxylic acids is 1. The van der Waals surface area contributed by atoms with Crippen molar-refractivity contribution in [1.82, 2.24) is 4.90 Å². The lowest BCUT2D eigenvalue weighted by atomic mass is 10.2. The number of carbonyl (C=O) groups is 2. The molecule has 0 saturated carbocycles. The highest BCUT2D eigenvalue weighted by Crippen LogP contribution is 2.27. The minimum atomic E-state index is -0.887. The first-order valence-electron chi connectivity index (χ1n) is 6.23. The summed E-state index contributed by atoms with van der Waals surface area (Å²) in [5.41, 5.74) is 0.990. The lowest BCUT2D eigenvalue weighted by molar-refractivity contribution is -0.149. The first-order valence-corrected chi connectivity index (χ1v) is 6.23. The fraction of sp³-hybridized carbons (Fsp3) is 0.429. The molecule has 1 aromatic carbocycles. The number of hydrogen-bond donors (Lipinski definition) is 1. The van der Waals surface area contributed by atoms with Gasteiger partial charge < -0.3 is 9.84 Å². The van der Waals surface area contributed by atoms with Crippen molar-refractivity contribution in [1.29, 1.82) is 0 Å². The van der Waals surface area contributed by atoms with Crippen LogP contribution in [0.25, 0.3) is 0 Å². The molecule has 102 valence electrons. The molecule has 1 fully saturated rings. The number of nitrogens with zero attached hydrogens (tertiary/aromatic N) is 1. The summed E-state index contributed by atoms with van der Waals surface area (Å²) in [5.74, 6) is -1.25. The number of benzene rings is 1. The van der Waals surface area contributed by atoms with E-state index in [1.807, 2.05) is 30.3 Å². The van der Waals surface area contributed by atoms with Crippen molar-refractivity contribution in [3.63, 3.8) is 0 Å². The van der Waals surface area contributed by atoms with Crippen LogP contribution in [0, 0.1) is 0 Å². The Balaban J connectivity index is 2.19. The van der Waals surface area contributed by atoms with Crippen LogP contribution in [0.2, 0.25) is 0 Å². The zero-order chi connectivity index (χ0) is 13.8. The second-order valence-corrected chi connectivity index (χ2v) is 4.63. The zero-order valence-corrected chi connectivity index (χ0v) is 10.8. The molecule has 1 aliphatic heterocycles. The highest BCUT2D eigenvalue weighted by molar-refractivity contribution is 5.80. The first kappa shape index (κ1) is 13.5. The number of rotatable bonds is 4. The van der Waals surface area contributed by atoms with Crippen LogP contribution in [0.1, 0.15) is 18.4 Å². The van der Waals surface area contributed by atoms with Gasteiger partial charge in [-0.2, -0.15) is 0 Å². The average Bonchev–Trinajstić information content (AvgIpc) is 2.83. The van der Waals surface area contributed by atoms with Crippen molar-refractivity contribution < 1.29 is 19.4 Å². The van der Waals surface area contributed by atoms with E-state index >= 15 is 0 Å². The number of aliphatic carboxylic acids is 1. The molecule has 5 heteroatoms. The van der Waals surface area contributed by atoms with Crippen molar-refractivity contribution in [2.45, 2.75) is 31.5 Å². The maximum atomic E-state index is 11.7. The second kappa shape index (κ2) is 5.84. The van der Waals surface area contributed by atoms with Crippen molar-refractivity contribution >= 4 is 11.9 Å². The topological polar surface area (TPSA) is 66.8 Å². The van der Waals surface area contributed by atoms with Crippen LogP contribution in [-0.2, 0) is 20.9 Å². The van der Waals surface area contributed by atoms with Gasteiger partial charge in [0.2, 0.25) is 0 Å². The van der Waals surface area contributed by atoms with Crippen molar-refractivity contribution in [2.75, 3.05) is 7.11 Å². The molecule has 0 aliphatic carbocycles. The van der Waals surface area contributed by atoms with Crippen LogP contribution in [0.3, 0.4) is 0 Å². The number of likely N-dealkylation sites (tertiary alicyclic amines) is 1. The molecule has 19 heavy (non-hydrogen) atoms. The standard InChI is InChI=1S/C14H17NO4/c1-19-14(18)12-8-7-11(13(16)17)15(12)9-10-5-3-2-4-6-10/h2-6,11-12H,7-9H2,1H3,(H,16,17). The maximum absolute atomic E-state index is 11.7. The van der Waals surface area contributed by atoms with Crippen LogP contribution in [0.5, 0.6) is 0 Å². The fourth-order valence-corrected chi connectivity index (χ4v) is 2.53. The molecule has 2 unspecified atom stereocenters.